The third-order valence-electron chi connectivity index (χ3n) is 8.84. The van der Waals surface area contributed by atoms with Crippen LogP contribution in [0.4, 0.5) is 5.13 Å². The van der Waals surface area contributed by atoms with Crippen molar-refractivity contribution in [1.29, 1.82) is 0 Å². The molecule has 9 heteroatoms. The molecule has 2 aromatic carbocycles. The molecule has 1 N–H and O–H groups in total. The van der Waals surface area contributed by atoms with Crippen molar-refractivity contribution >= 4 is 34.0 Å². The van der Waals surface area contributed by atoms with Gasteiger partial charge in [0, 0.05) is 40.1 Å². The summed E-state index contributed by atoms with van der Waals surface area (Å²) >= 11 is 8.29. The number of piperidine rings is 1. The third kappa shape index (κ3) is 4.96. The number of nitrogens with zero attached hydrogens (tertiary/aromatic N) is 3. The largest absolute Gasteiger partial charge is 0.478 e. The van der Waals surface area contributed by atoms with Crippen LogP contribution in [-0.4, -0.2) is 39.4 Å². The van der Waals surface area contributed by atoms with Crippen molar-refractivity contribution in [3.63, 3.8) is 0 Å². The molecule has 4 aromatic rings. The number of carbonyl (C=O) groups is 1. The lowest BCUT2D eigenvalue weighted by atomic mass is 9.99. The van der Waals surface area contributed by atoms with Gasteiger partial charge < -0.3 is 19.3 Å². The zero-order valence-corrected chi connectivity index (χ0v) is 24.7. The molecule has 0 spiro atoms. The van der Waals surface area contributed by atoms with Crippen molar-refractivity contribution in [2.24, 2.45) is 0 Å². The van der Waals surface area contributed by atoms with Gasteiger partial charge in [-0.1, -0.05) is 35.0 Å². The Bertz CT molecular complexity index is 1590. The number of aryl methyl sites for hydroxylation is 2. The van der Waals surface area contributed by atoms with Gasteiger partial charge in [-0.25, -0.2) is 9.78 Å². The molecule has 2 aromatic heterocycles. The smallest absolute Gasteiger partial charge is 0.335 e. The highest BCUT2D eigenvalue weighted by molar-refractivity contribution is 7.14. The van der Waals surface area contributed by atoms with Crippen LogP contribution in [0.25, 0.3) is 22.5 Å². The normalized spacial score (nSPS) is 21.9. The maximum atomic E-state index is 11.3. The number of anilines is 1. The molecule has 7 nitrogen and oxygen atoms in total. The lowest BCUT2D eigenvalue weighted by Gasteiger charge is -2.38. The topological polar surface area (TPSA) is 88.7 Å². The SMILES string of the molecule is Cc1cc(C(=O)O)ccc1-c1csc(N2[C@@H]3CC[C@H]2C[C@@H](OCc2c(-c4c(C)cccc4Cl)noc2C2CC2)C3)n1. The molecule has 0 amide bonds. The second-order valence-corrected chi connectivity index (χ2v) is 12.9. The van der Waals surface area contributed by atoms with Crippen LogP contribution in [0, 0.1) is 13.8 Å². The number of aromatic nitrogens is 2. The highest BCUT2D eigenvalue weighted by atomic mass is 35.5. The second-order valence-electron chi connectivity index (χ2n) is 11.6. The van der Waals surface area contributed by atoms with Gasteiger partial charge in [0.05, 0.1) is 29.0 Å². The number of carboxylic acid groups (broad SMARTS) is 1. The predicted molar refractivity (Wildman–Crippen MR) is 160 cm³/mol. The van der Waals surface area contributed by atoms with E-state index in [2.05, 4.69) is 28.4 Å². The Morgan fingerprint density at radius 3 is 2.59 bits per heavy atom. The van der Waals surface area contributed by atoms with Gasteiger partial charge in [-0.2, -0.15) is 0 Å². The van der Waals surface area contributed by atoms with Gasteiger partial charge in [-0.05, 0) is 81.7 Å². The number of benzene rings is 2. The zero-order valence-electron chi connectivity index (χ0n) is 23.1. The molecule has 0 unspecified atom stereocenters. The molecule has 212 valence electrons. The Morgan fingerprint density at radius 1 is 1.12 bits per heavy atom. The lowest BCUT2D eigenvalue weighted by Crippen LogP contribution is -2.45. The fourth-order valence-corrected chi connectivity index (χ4v) is 7.90. The van der Waals surface area contributed by atoms with Gasteiger partial charge in [0.25, 0.3) is 0 Å². The number of ether oxygens (including phenoxy) is 1. The summed E-state index contributed by atoms with van der Waals surface area (Å²) in [6.07, 6.45) is 6.61. The second kappa shape index (κ2) is 10.6. The summed E-state index contributed by atoms with van der Waals surface area (Å²) in [6.45, 7) is 4.48. The summed E-state index contributed by atoms with van der Waals surface area (Å²) in [7, 11) is 0. The lowest BCUT2D eigenvalue weighted by molar-refractivity contribution is 0.0147. The Kier molecular flexibility index (Phi) is 6.88. The summed E-state index contributed by atoms with van der Waals surface area (Å²) in [4.78, 5) is 18.9. The molecule has 4 heterocycles. The molecule has 2 bridgehead atoms. The van der Waals surface area contributed by atoms with Crippen molar-refractivity contribution in [2.45, 2.75) is 83.1 Å². The molecule has 3 atom stereocenters. The van der Waals surface area contributed by atoms with Crippen molar-refractivity contribution < 1.29 is 19.2 Å². The molecular formula is C32H32ClN3O4S. The van der Waals surface area contributed by atoms with Crippen LogP contribution in [0.15, 0.2) is 46.3 Å². The van der Waals surface area contributed by atoms with Crippen LogP contribution in [0.2, 0.25) is 5.02 Å². The Morgan fingerprint density at radius 2 is 1.90 bits per heavy atom. The van der Waals surface area contributed by atoms with Crippen LogP contribution in [-0.2, 0) is 11.3 Å². The Hall–Kier alpha value is -3.20. The summed E-state index contributed by atoms with van der Waals surface area (Å²) in [5.74, 6) is 0.476. The molecule has 3 fully saturated rings. The van der Waals surface area contributed by atoms with Crippen LogP contribution in [0.3, 0.4) is 0 Å². The molecule has 2 saturated heterocycles. The molecule has 1 saturated carbocycles. The van der Waals surface area contributed by atoms with Crippen LogP contribution < -0.4 is 4.90 Å². The fraction of sp³-hybridized carbons (Fsp3) is 0.406. The maximum Gasteiger partial charge on any atom is 0.335 e. The summed E-state index contributed by atoms with van der Waals surface area (Å²) in [5, 5.41) is 17.6. The first-order chi connectivity index (χ1) is 19.9. The third-order valence-corrected chi connectivity index (χ3v) is 10.0. The first-order valence-corrected chi connectivity index (χ1v) is 15.6. The van der Waals surface area contributed by atoms with Gasteiger partial charge in [-0.15, -0.1) is 11.3 Å². The number of rotatable bonds is 8. The number of aromatic carboxylic acids is 1. The molecule has 2 aliphatic heterocycles. The van der Waals surface area contributed by atoms with E-state index in [1.54, 1.807) is 23.5 Å². The Labute approximate surface area is 248 Å². The molecule has 0 radical (unpaired) electrons. The van der Waals surface area contributed by atoms with Gasteiger partial charge >= 0.3 is 5.97 Å². The summed E-state index contributed by atoms with van der Waals surface area (Å²) in [5.41, 5.74) is 6.98. The van der Waals surface area contributed by atoms with Gasteiger partial charge in [-0.3, -0.25) is 0 Å². The van der Waals surface area contributed by atoms with Gasteiger partial charge in [0.15, 0.2) is 5.13 Å². The van der Waals surface area contributed by atoms with E-state index in [0.29, 0.717) is 35.2 Å². The number of halogens is 1. The van der Waals surface area contributed by atoms with Gasteiger partial charge in [0.1, 0.15) is 11.5 Å². The minimum absolute atomic E-state index is 0.163. The fourth-order valence-electron chi connectivity index (χ4n) is 6.62. The highest BCUT2D eigenvalue weighted by Gasteiger charge is 2.43. The molecule has 3 aliphatic rings. The summed E-state index contributed by atoms with van der Waals surface area (Å²) < 4.78 is 12.5. The average Bonchev–Trinajstić information content (AvgIpc) is 3.42. The van der Waals surface area contributed by atoms with Crippen LogP contribution >= 0.6 is 22.9 Å². The minimum Gasteiger partial charge on any atom is -0.478 e. The number of hydrogen-bond acceptors (Lipinski definition) is 7. The standard InChI is InChI=1S/C32H32ClN3O4S/c1-17-4-3-5-26(33)28(17)29-25(30(40-35-29)19-6-7-19)15-39-23-13-21-9-10-22(14-23)36(21)32-34-27(16-41-32)24-11-8-20(31(37)38)12-18(24)2/h3-5,8,11-12,16,19,21-23H,6-7,9-10,13-15H2,1-2H3,(H,37,38)/t21-,22+,23+. The zero-order chi connectivity index (χ0) is 28.2. The van der Waals surface area contributed by atoms with E-state index in [1.807, 2.05) is 25.1 Å². The summed E-state index contributed by atoms with van der Waals surface area (Å²) in [6, 6.07) is 11.9. The molecule has 1 aliphatic carbocycles. The number of carboxylic acids is 1. The monoisotopic (exact) mass is 589 g/mol. The number of thiazole rings is 1. The van der Waals surface area contributed by atoms with E-state index in [0.717, 1.165) is 88.6 Å². The average molecular weight is 590 g/mol. The van der Waals surface area contributed by atoms with Crippen LogP contribution in [0.1, 0.15) is 77.3 Å². The highest BCUT2D eigenvalue weighted by Crippen LogP contribution is 2.47. The molecular weight excluding hydrogens is 558 g/mol. The number of hydrogen-bond donors (Lipinski definition) is 1. The van der Waals surface area contributed by atoms with Crippen molar-refractivity contribution in [2.75, 3.05) is 4.90 Å². The maximum absolute atomic E-state index is 11.3. The predicted octanol–water partition coefficient (Wildman–Crippen LogP) is 8.03. The minimum atomic E-state index is -0.914. The Balaban J connectivity index is 1.07. The first-order valence-electron chi connectivity index (χ1n) is 14.3. The van der Waals surface area contributed by atoms with Gasteiger partial charge in [0.2, 0.25) is 0 Å². The van der Waals surface area contributed by atoms with Crippen LogP contribution in [0.5, 0.6) is 0 Å². The van der Waals surface area contributed by atoms with E-state index in [9.17, 15) is 9.90 Å². The quantitative estimate of drug-likeness (QED) is 0.222. The van der Waals surface area contributed by atoms with Crippen molar-refractivity contribution in [3.8, 4) is 22.5 Å². The van der Waals surface area contributed by atoms with E-state index < -0.39 is 5.97 Å². The van der Waals surface area contributed by atoms with E-state index >= 15 is 0 Å². The van der Waals surface area contributed by atoms with E-state index in [-0.39, 0.29) is 6.10 Å². The molecule has 7 rings (SSSR count). The number of fused-ring (bicyclic) bond motifs is 2. The van der Waals surface area contributed by atoms with E-state index in [1.165, 1.54) is 0 Å². The van der Waals surface area contributed by atoms with Crippen molar-refractivity contribution in [3.05, 3.63) is 74.8 Å². The first kappa shape index (κ1) is 26.7. The van der Waals surface area contributed by atoms with E-state index in [4.69, 9.17) is 25.8 Å². The van der Waals surface area contributed by atoms with Crippen molar-refractivity contribution in [1.82, 2.24) is 10.1 Å². The molecule has 41 heavy (non-hydrogen) atoms.